The van der Waals surface area contributed by atoms with Gasteiger partial charge >= 0.3 is 0 Å². The number of nitrogens with zero attached hydrogens (tertiary/aromatic N) is 2. The number of hydrogen-bond donors (Lipinski definition) is 1. The molecular weight excluding hydrogens is 273 g/mol. The van der Waals surface area contributed by atoms with E-state index in [1.54, 1.807) is 25.4 Å². The third-order valence-electron chi connectivity index (χ3n) is 2.37. The largest absolute Gasteiger partial charge is 0.495 e. The Labute approximate surface area is 115 Å². The second-order valence-corrected chi connectivity index (χ2v) is 4.38. The summed E-state index contributed by atoms with van der Waals surface area (Å²) in [5.41, 5.74) is 1.72. The second-order valence-electron chi connectivity index (χ2n) is 3.64. The average molecular weight is 284 g/mol. The molecule has 6 heteroatoms. The predicted molar refractivity (Wildman–Crippen MR) is 73.1 cm³/mol. The van der Waals surface area contributed by atoms with Crippen molar-refractivity contribution in [3.05, 3.63) is 40.3 Å². The molecule has 0 aliphatic heterocycles. The zero-order valence-corrected chi connectivity index (χ0v) is 11.4. The van der Waals surface area contributed by atoms with Gasteiger partial charge in [0.15, 0.2) is 0 Å². The molecular formula is C12H11Cl2N3O. The molecule has 0 aliphatic carbocycles. The van der Waals surface area contributed by atoms with Crippen LogP contribution in [0.5, 0.6) is 5.75 Å². The molecule has 0 saturated carbocycles. The minimum atomic E-state index is 0.185. The normalized spacial score (nSPS) is 10.2. The van der Waals surface area contributed by atoms with Crippen LogP contribution in [0.2, 0.25) is 10.3 Å². The van der Waals surface area contributed by atoms with Gasteiger partial charge in [-0.05, 0) is 36.2 Å². The maximum Gasteiger partial charge on any atom is 0.224 e. The number of methoxy groups -OCH3 is 1. The van der Waals surface area contributed by atoms with Crippen LogP contribution in [0.3, 0.4) is 0 Å². The first-order valence-electron chi connectivity index (χ1n) is 5.20. The first-order chi connectivity index (χ1) is 8.60. The number of rotatable bonds is 3. The summed E-state index contributed by atoms with van der Waals surface area (Å²) in [6.07, 6.45) is 1.58. The van der Waals surface area contributed by atoms with Crippen LogP contribution in [-0.4, -0.2) is 17.1 Å². The number of benzene rings is 1. The number of aryl methyl sites for hydroxylation is 1. The zero-order chi connectivity index (χ0) is 13.1. The third kappa shape index (κ3) is 2.83. The van der Waals surface area contributed by atoms with E-state index in [1.807, 2.05) is 13.0 Å². The Morgan fingerprint density at radius 1 is 1.28 bits per heavy atom. The van der Waals surface area contributed by atoms with E-state index in [0.29, 0.717) is 16.6 Å². The number of ether oxygens (including phenoxy) is 1. The zero-order valence-electron chi connectivity index (χ0n) is 9.87. The highest BCUT2D eigenvalue weighted by atomic mass is 35.5. The molecule has 0 radical (unpaired) electrons. The van der Waals surface area contributed by atoms with Gasteiger partial charge in [-0.15, -0.1) is 0 Å². The van der Waals surface area contributed by atoms with Crippen LogP contribution >= 0.6 is 23.2 Å². The summed E-state index contributed by atoms with van der Waals surface area (Å²) in [4.78, 5) is 7.87. The van der Waals surface area contributed by atoms with Crippen LogP contribution in [0.1, 0.15) is 5.56 Å². The number of halogens is 2. The molecule has 1 N–H and O–H groups in total. The molecule has 1 heterocycles. The minimum Gasteiger partial charge on any atom is -0.495 e. The van der Waals surface area contributed by atoms with Gasteiger partial charge in [0.25, 0.3) is 0 Å². The molecule has 2 rings (SSSR count). The van der Waals surface area contributed by atoms with Crippen LogP contribution in [0.4, 0.5) is 11.5 Å². The Balaban J connectivity index is 2.36. The van der Waals surface area contributed by atoms with E-state index >= 15 is 0 Å². The summed E-state index contributed by atoms with van der Waals surface area (Å²) in [7, 11) is 1.58. The highest BCUT2D eigenvalue weighted by molar-refractivity contribution is 6.31. The molecule has 0 saturated heterocycles. The molecule has 2 aromatic rings. The van der Waals surface area contributed by atoms with E-state index in [9.17, 15) is 0 Å². The summed E-state index contributed by atoms with van der Waals surface area (Å²) in [6.45, 7) is 1.92. The Kier molecular flexibility index (Phi) is 3.89. The van der Waals surface area contributed by atoms with Crippen molar-refractivity contribution >= 4 is 34.7 Å². The number of anilines is 2. The molecule has 0 spiro atoms. The first-order valence-corrected chi connectivity index (χ1v) is 5.95. The third-order valence-corrected chi connectivity index (χ3v) is 2.96. The van der Waals surface area contributed by atoms with Crippen LogP contribution in [-0.2, 0) is 0 Å². The van der Waals surface area contributed by atoms with Crippen molar-refractivity contribution in [3.8, 4) is 5.75 Å². The van der Waals surface area contributed by atoms with Crippen molar-refractivity contribution in [2.45, 2.75) is 6.92 Å². The van der Waals surface area contributed by atoms with E-state index in [4.69, 9.17) is 27.9 Å². The van der Waals surface area contributed by atoms with Crippen molar-refractivity contribution in [1.82, 2.24) is 9.97 Å². The highest BCUT2D eigenvalue weighted by Crippen LogP contribution is 2.32. The van der Waals surface area contributed by atoms with Gasteiger partial charge in [-0.3, -0.25) is 0 Å². The second kappa shape index (κ2) is 5.42. The van der Waals surface area contributed by atoms with E-state index in [1.165, 1.54) is 0 Å². The lowest BCUT2D eigenvalue weighted by Crippen LogP contribution is -1.98. The Morgan fingerprint density at radius 2 is 2.06 bits per heavy atom. The monoisotopic (exact) mass is 283 g/mol. The Bertz CT molecular complexity index is 575. The van der Waals surface area contributed by atoms with Gasteiger partial charge in [-0.1, -0.05) is 11.6 Å². The lowest BCUT2D eigenvalue weighted by atomic mass is 10.2. The molecule has 0 aliphatic rings. The average Bonchev–Trinajstić information content (AvgIpc) is 2.33. The minimum absolute atomic E-state index is 0.185. The summed E-state index contributed by atoms with van der Waals surface area (Å²) in [5, 5.41) is 3.95. The Morgan fingerprint density at radius 3 is 2.72 bits per heavy atom. The van der Waals surface area contributed by atoms with Gasteiger partial charge in [0.05, 0.1) is 12.8 Å². The van der Waals surface area contributed by atoms with E-state index < -0.39 is 0 Å². The molecule has 4 nitrogen and oxygen atoms in total. The molecule has 0 unspecified atom stereocenters. The van der Waals surface area contributed by atoms with Crippen molar-refractivity contribution in [1.29, 1.82) is 0 Å². The van der Waals surface area contributed by atoms with Crippen LogP contribution in [0.25, 0.3) is 0 Å². The lowest BCUT2D eigenvalue weighted by Gasteiger charge is -2.12. The van der Waals surface area contributed by atoms with Gasteiger partial charge in [-0.2, -0.15) is 0 Å². The lowest BCUT2D eigenvalue weighted by molar-refractivity contribution is 0.416. The maximum atomic E-state index is 6.04. The van der Waals surface area contributed by atoms with Crippen LogP contribution in [0.15, 0.2) is 24.4 Å². The molecule has 0 atom stereocenters. The van der Waals surface area contributed by atoms with E-state index in [2.05, 4.69) is 15.3 Å². The van der Waals surface area contributed by atoms with Gasteiger partial charge < -0.3 is 10.1 Å². The topological polar surface area (TPSA) is 47.0 Å². The van der Waals surface area contributed by atoms with E-state index in [0.717, 1.165) is 11.3 Å². The highest BCUT2D eigenvalue weighted by Gasteiger charge is 2.08. The van der Waals surface area contributed by atoms with Crippen molar-refractivity contribution in [2.24, 2.45) is 0 Å². The predicted octanol–water partition coefficient (Wildman–Crippen LogP) is 3.84. The first kappa shape index (κ1) is 12.9. The SMILES string of the molecule is COc1cc(Cl)c(C)cc1Nc1ccnc(Cl)n1. The number of nitrogens with one attached hydrogen (secondary N) is 1. The molecule has 0 bridgehead atoms. The fraction of sp³-hybridized carbons (Fsp3) is 0.167. The molecule has 1 aromatic heterocycles. The molecule has 94 valence electrons. The smallest absolute Gasteiger partial charge is 0.224 e. The molecule has 0 fully saturated rings. The fourth-order valence-corrected chi connectivity index (χ4v) is 1.77. The fourth-order valence-electron chi connectivity index (χ4n) is 1.47. The maximum absolute atomic E-state index is 6.04. The summed E-state index contributed by atoms with van der Waals surface area (Å²) in [5.74, 6) is 1.23. The summed E-state index contributed by atoms with van der Waals surface area (Å²) < 4.78 is 5.26. The molecule has 0 amide bonds. The van der Waals surface area contributed by atoms with Crippen molar-refractivity contribution in [3.63, 3.8) is 0 Å². The molecule has 1 aromatic carbocycles. The number of aromatic nitrogens is 2. The van der Waals surface area contributed by atoms with E-state index in [-0.39, 0.29) is 5.28 Å². The standard InChI is InChI=1S/C12H11Cl2N3O/c1-7-5-9(10(18-2)6-8(7)13)16-11-3-4-15-12(14)17-11/h3-6H,1-2H3,(H,15,16,17). The van der Waals surface area contributed by atoms with Crippen molar-refractivity contribution < 1.29 is 4.74 Å². The van der Waals surface area contributed by atoms with Gasteiger partial charge in [0, 0.05) is 17.3 Å². The number of hydrogen-bond acceptors (Lipinski definition) is 4. The molecule has 18 heavy (non-hydrogen) atoms. The van der Waals surface area contributed by atoms with Crippen molar-refractivity contribution in [2.75, 3.05) is 12.4 Å². The summed E-state index contributed by atoms with van der Waals surface area (Å²) in [6, 6.07) is 5.36. The van der Waals surface area contributed by atoms with Gasteiger partial charge in [-0.25, -0.2) is 9.97 Å². The summed E-state index contributed by atoms with van der Waals surface area (Å²) >= 11 is 11.8. The quantitative estimate of drug-likeness (QED) is 0.870. The van der Waals surface area contributed by atoms with Crippen LogP contribution < -0.4 is 10.1 Å². The van der Waals surface area contributed by atoms with Gasteiger partial charge in [0.2, 0.25) is 5.28 Å². The van der Waals surface area contributed by atoms with Crippen LogP contribution in [0, 0.1) is 6.92 Å². The Hall–Kier alpha value is -1.52. The van der Waals surface area contributed by atoms with Gasteiger partial charge in [0.1, 0.15) is 11.6 Å².